The average molecular weight is 312 g/mol. The molecule has 0 aliphatic heterocycles. The first kappa shape index (κ1) is 15.0. The van der Waals surface area contributed by atoms with E-state index in [4.69, 9.17) is 22.1 Å². The number of ether oxygens (including phenoxy) is 1. The van der Waals surface area contributed by atoms with Crippen LogP contribution < -0.4 is 10.5 Å². The van der Waals surface area contributed by atoms with Crippen molar-refractivity contribution >= 4 is 29.1 Å². The van der Waals surface area contributed by atoms with Gasteiger partial charge in [0.1, 0.15) is 11.6 Å². The molecule has 0 unspecified atom stereocenters. The van der Waals surface area contributed by atoms with Crippen LogP contribution in [0.15, 0.2) is 47.4 Å². The second-order valence-corrected chi connectivity index (χ2v) is 5.67. The van der Waals surface area contributed by atoms with Crippen molar-refractivity contribution in [3.05, 3.63) is 53.3 Å². The van der Waals surface area contributed by atoms with E-state index in [9.17, 15) is 4.39 Å². The van der Waals surface area contributed by atoms with E-state index in [1.165, 1.54) is 12.1 Å². The third-order valence-corrected chi connectivity index (χ3v) is 4.28. The second-order valence-electron chi connectivity index (χ2n) is 4.16. The van der Waals surface area contributed by atoms with E-state index in [1.54, 1.807) is 23.9 Å². The SMILES string of the molecule is Nc1cccc(Cl)c1SCCCOc1ccc(F)cc1. The van der Waals surface area contributed by atoms with Gasteiger partial charge in [-0.05, 0) is 42.8 Å². The molecule has 2 rings (SSSR count). The number of hydrogen-bond acceptors (Lipinski definition) is 3. The van der Waals surface area contributed by atoms with Gasteiger partial charge in [0.05, 0.1) is 11.6 Å². The Kier molecular flexibility index (Phi) is 5.56. The molecule has 2 N–H and O–H groups in total. The number of anilines is 1. The molecule has 0 aliphatic carbocycles. The highest BCUT2D eigenvalue weighted by molar-refractivity contribution is 7.99. The van der Waals surface area contributed by atoms with Gasteiger partial charge in [-0.2, -0.15) is 0 Å². The van der Waals surface area contributed by atoms with Crippen LogP contribution in [-0.2, 0) is 0 Å². The Hall–Kier alpha value is -1.39. The first-order valence-corrected chi connectivity index (χ1v) is 7.58. The molecular weight excluding hydrogens is 297 g/mol. The molecule has 0 heterocycles. The van der Waals surface area contributed by atoms with Crippen molar-refractivity contribution in [2.45, 2.75) is 11.3 Å². The van der Waals surface area contributed by atoms with Crippen molar-refractivity contribution in [1.29, 1.82) is 0 Å². The average Bonchev–Trinajstić information content (AvgIpc) is 2.43. The van der Waals surface area contributed by atoms with Crippen molar-refractivity contribution in [3.63, 3.8) is 0 Å². The molecule has 20 heavy (non-hydrogen) atoms. The zero-order chi connectivity index (χ0) is 14.4. The number of benzene rings is 2. The standard InChI is InChI=1S/C15H15ClFNOS/c16-13-3-1-4-14(18)15(13)20-10-2-9-19-12-7-5-11(17)6-8-12/h1,3-8H,2,9-10,18H2. The van der Waals surface area contributed by atoms with Gasteiger partial charge in [0.15, 0.2) is 0 Å². The van der Waals surface area contributed by atoms with Crippen LogP contribution in [0.2, 0.25) is 5.02 Å². The second kappa shape index (κ2) is 7.41. The van der Waals surface area contributed by atoms with Gasteiger partial charge >= 0.3 is 0 Å². The van der Waals surface area contributed by atoms with E-state index in [0.717, 1.165) is 17.1 Å². The first-order chi connectivity index (χ1) is 9.66. The summed E-state index contributed by atoms with van der Waals surface area (Å²) in [6.07, 6.45) is 0.854. The molecule has 2 aromatic rings. The molecular formula is C15H15ClFNOS. The van der Waals surface area contributed by atoms with Crippen LogP contribution in [0.3, 0.4) is 0 Å². The maximum atomic E-state index is 12.7. The van der Waals surface area contributed by atoms with Crippen LogP contribution in [0.1, 0.15) is 6.42 Å². The highest BCUT2D eigenvalue weighted by Gasteiger charge is 2.04. The number of hydrogen-bond donors (Lipinski definition) is 1. The van der Waals surface area contributed by atoms with Crippen molar-refractivity contribution in [2.24, 2.45) is 0 Å². The summed E-state index contributed by atoms with van der Waals surface area (Å²) < 4.78 is 18.2. The quantitative estimate of drug-likeness (QED) is 0.480. The zero-order valence-corrected chi connectivity index (χ0v) is 12.4. The summed E-state index contributed by atoms with van der Waals surface area (Å²) in [4.78, 5) is 0.913. The molecule has 0 atom stereocenters. The van der Waals surface area contributed by atoms with Gasteiger partial charge in [0, 0.05) is 16.3 Å². The summed E-state index contributed by atoms with van der Waals surface area (Å²) in [5.74, 6) is 1.27. The van der Waals surface area contributed by atoms with Gasteiger partial charge < -0.3 is 10.5 Å². The predicted molar refractivity (Wildman–Crippen MR) is 83.1 cm³/mol. The number of thioether (sulfide) groups is 1. The summed E-state index contributed by atoms with van der Waals surface area (Å²) in [6.45, 7) is 0.572. The molecule has 0 bridgehead atoms. The smallest absolute Gasteiger partial charge is 0.123 e. The minimum Gasteiger partial charge on any atom is -0.494 e. The molecule has 0 radical (unpaired) electrons. The number of halogens is 2. The van der Waals surface area contributed by atoms with E-state index in [-0.39, 0.29) is 5.82 Å². The molecule has 0 fully saturated rings. The van der Waals surface area contributed by atoms with E-state index >= 15 is 0 Å². The molecule has 2 nitrogen and oxygen atoms in total. The lowest BCUT2D eigenvalue weighted by molar-refractivity contribution is 0.318. The summed E-state index contributed by atoms with van der Waals surface area (Å²) >= 11 is 7.70. The largest absolute Gasteiger partial charge is 0.494 e. The van der Waals surface area contributed by atoms with Crippen molar-refractivity contribution in [1.82, 2.24) is 0 Å². The lowest BCUT2D eigenvalue weighted by Gasteiger charge is -2.08. The Bertz CT molecular complexity index is 542. The third-order valence-electron chi connectivity index (χ3n) is 2.61. The van der Waals surface area contributed by atoms with Gasteiger partial charge in [0.25, 0.3) is 0 Å². The highest BCUT2D eigenvalue weighted by atomic mass is 35.5. The fraction of sp³-hybridized carbons (Fsp3) is 0.200. The van der Waals surface area contributed by atoms with E-state index in [0.29, 0.717) is 23.1 Å². The molecule has 0 saturated carbocycles. The van der Waals surface area contributed by atoms with Gasteiger partial charge in [-0.25, -0.2) is 4.39 Å². The molecule has 0 aromatic heterocycles. The normalized spacial score (nSPS) is 10.5. The molecule has 0 spiro atoms. The molecule has 106 valence electrons. The van der Waals surface area contributed by atoms with E-state index < -0.39 is 0 Å². The zero-order valence-electron chi connectivity index (χ0n) is 10.8. The van der Waals surface area contributed by atoms with Crippen LogP contribution in [0, 0.1) is 5.82 Å². The fourth-order valence-corrected chi connectivity index (χ4v) is 2.88. The van der Waals surface area contributed by atoms with Crippen molar-refractivity contribution in [3.8, 4) is 5.75 Å². The Labute approximate surface area is 127 Å². The van der Waals surface area contributed by atoms with Gasteiger partial charge in [-0.1, -0.05) is 17.7 Å². The lowest BCUT2D eigenvalue weighted by Crippen LogP contribution is -1.99. The number of rotatable bonds is 6. The van der Waals surface area contributed by atoms with Crippen LogP contribution in [0.25, 0.3) is 0 Å². The van der Waals surface area contributed by atoms with E-state index in [1.807, 2.05) is 18.2 Å². The third kappa shape index (κ3) is 4.32. The maximum absolute atomic E-state index is 12.7. The van der Waals surface area contributed by atoms with Gasteiger partial charge in [0.2, 0.25) is 0 Å². The Morgan fingerprint density at radius 1 is 1.15 bits per heavy atom. The summed E-state index contributed by atoms with van der Waals surface area (Å²) in [7, 11) is 0. The molecule has 5 heteroatoms. The molecule has 2 aromatic carbocycles. The minimum absolute atomic E-state index is 0.262. The maximum Gasteiger partial charge on any atom is 0.123 e. The summed E-state index contributed by atoms with van der Waals surface area (Å²) in [6, 6.07) is 11.5. The highest BCUT2D eigenvalue weighted by Crippen LogP contribution is 2.32. The molecule has 0 amide bonds. The Morgan fingerprint density at radius 3 is 2.60 bits per heavy atom. The van der Waals surface area contributed by atoms with Crippen LogP contribution in [-0.4, -0.2) is 12.4 Å². The predicted octanol–water partition coefficient (Wildman–Crippen LogP) is 4.62. The van der Waals surface area contributed by atoms with Gasteiger partial charge in [-0.3, -0.25) is 0 Å². The monoisotopic (exact) mass is 311 g/mol. The molecule has 0 aliphatic rings. The van der Waals surface area contributed by atoms with Crippen LogP contribution in [0.4, 0.5) is 10.1 Å². The van der Waals surface area contributed by atoms with Gasteiger partial charge in [-0.15, -0.1) is 11.8 Å². The summed E-state index contributed by atoms with van der Waals surface area (Å²) in [5.41, 5.74) is 6.57. The first-order valence-electron chi connectivity index (χ1n) is 6.22. The van der Waals surface area contributed by atoms with E-state index in [2.05, 4.69) is 0 Å². The Balaban J connectivity index is 1.73. The number of nitrogens with two attached hydrogens (primary N) is 1. The van der Waals surface area contributed by atoms with Crippen LogP contribution in [0.5, 0.6) is 5.75 Å². The summed E-state index contributed by atoms with van der Waals surface area (Å²) in [5, 5.41) is 0.675. The number of nitrogen functional groups attached to an aromatic ring is 1. The Morgan fingerprint density at radius 2 is 1.90 bits per heavy atom. The lowest BCUT2D eigenvalue weighted by atomic mass is 10.3. The topological polar surface area (TPSA) is 35.2 Å². The van der Waals surface area contributed by atoms with Crippen molar-refractivity contribution in [2.75, 3.05) is 18.1 Å². The molecule has 0 saturated heterocycles. The van der Waals surface area contributed by atoms with Crippen LogP contribution >= 0.6 is 23.4 Å². The van der Waals surface area contributed by atoms with Crippen molar-refractivity contribution < 1.29 is 9.13 Å². The minimum atomic E-state index is -0.262. The fourth-order valence-electron chi connectivity index (χ4n) is 1.63.